The van der Waals surface area contributed by atoms with Crippen LogP contribution < -0.4 is 9.80 Å². The topological polar surface area (TPSA) is 60.9 Å². The third kappa shape index (κ3) is 2.21. The number of benzene rings is 1. The summed E-state index contributed by atoms with van der Waals surface area (Å²) in [7, 11) is 3.57. The summed E-state index contributed by atoms with van der Waals surface area (Å²) in [6, 6.07) is 5.51. The highest BCUT2D eigenvalue weighted by Crippen LogP contribution is 2.34. The lowest BCUT2D eigenvalue weighted by Crippen LogP contribution is -2.43. The average Bonchev–Trinajstić information content (AvgIpc) is 2.71. The largest absolute Gasteiger partial charge is 0.391 e. The summed E-state index contributed by atoms with van der Waals surface area (Å²) in [5, 5.41) is 10.2. The molecule has 1 aromatic carbocycles. The zero-order valence-corrected chi connectivity index (χ0v) is 12.4. The number of nitrogens with zero attached hydrogens (tertiary/aromatic N) is 2. The molecule has 1 amide bonds. The molecule has 0 radical (unpaired) electrons. The fourth-order valence-electron chi connectivity index (χ4n) is 3.32. The second kappa shape index (κ2) is 5.15. The SMILES string of the molecule is CN1C(=O)C(=O)c2ccc(N(C)C3CCCCC3O)cc21. The molecule has 3 rings (SSSR count). The van der Waals surface area contributed by atoms with Crippen LogP contribution in [-0.2, 0) is 4.79 Å². The van der Waals surface area contributed by atoms with Gasteiger partial charge in [-0.1, -0.05) is 12.8 Å². The second-order valence-electron chi connectivity index (χ2n) is 5.92. The van der Waals surface area contributed by atoms with E-state index in [4.69, 9.17) is 0 Å². The van der Waals surface area contributed by atoms with Gasteiger partial charge >= 0.3 is 0 Å². The monoisotopic (exact) mass is 288 g/mol. The van der Waals surface area contributed by atoms with Crippen molar-refractivity contribution in [3.63, 3.8) is 0 Å². The highest BCUT2D eigenvalue weighted by molar-refractivity contribution is 6.52. The number of ketones is 1. The smallest absolute Gasteiger partial charge is 0.299 e. The van der Waals surface area contributed by atoms with Crippen molar-refractivity contribution in [3.05, 3.63) is 23.8 Å². The molecule has 5 heteroatoms. The van der Waals surface area contributed by atoms with Crippen LogP contribution in [0.3, 0.4) is 0 Å². The molecule has 5 nitrogen and oxygen atoms in total. The molecule has 1 aromatic rings. The van der Waals surface area contributed by atoms with Gasteiger partial charge in [0, 0.05) is 19.8 Å². The van der Waals surface area contributed by atoms with Gasteiger partial charge in [-0.05, 0) is 31.0 Å². The van der Waals surface area contributed by atoms with Gasteiger partial charge in [0.05, 0.1) is 23.4 Å². The molecule has 1 aliphatic heterocycles. The minimum atomic E-state index is -0.484. The van der Waals surface area contributed by atoms with Gasteiger partial charge in [-0.25, -0.2) is 0 Å². The van der Waals surface area contributed by atoms with Gasteiger partial charge in [0.25, 0.3) is 11.7 Å². The first kappa shape index (κ1) is 14.1. The van der Waals surface area contributed by atoms with Crippen LogP contribution in [-0.4, -0.2) is 43.0 Å². The quantitative estimate of drug-likeness (QED) is 0.839. The van der Waals surface area contributed by atoms with Gasteiger partial charge < -0.3 is 14.9 Å². The van der Waals surface area contributed by atoms with E-state index in [0.717, 1.165) is 31.4 Å². The van der Waals surface area contributed by atoms with Crippen LogP contribution in [0, 0.1) is 0 Å². The molecule has 21 heavy (non-hydrogen) atoms. The van der Waals surface area contributed by atoms with E-state index in [0.29, 0.717) is 11.3 Å². The third-order valence-electron chi connectivity index (χ3n) is 4.68. The van der Waals surface area contributed by atoms with E-state index in [2.05, 4.69) is 4.90 Å². The number of carbonyl (C=O) groups is 2. The van der Waals surface area contributed by atoms with E-state index in [1.54, 1.807) is 13.1 Å². The van der Waals surface area contributed by atoms with Crippen molar-refractivity contribution in [2.45, 2.75) is 37.8 Å². The van der Waals surface area contributed by atoms with Crippen molar-refractivity contribution in [2.75, 3.05) is 23.9 Å². The first-order valence-electron chi connectivity index (χ1n) is 7.38. The van der Waals surface area contributed by atoms with E-state index in [9.17, 15) is 14.7 Å². The summed E-state index contributed by atoms with van der Waals surface area (Å²) in [6.45, 7) is 0. The molecule has 2 atom stereocenters. The number of aliphatic hydroxyl groups excluding tert-OH is 1. The summed E-state index contributed by atoms with van der Waals surface area (Å²) in [4.78, 5) is 27.0. The number of likely N-dealkylation sites (N-methyl/N-ethyl adjacent to an activating group) is 2. The van der Waals surface area contributed by atoms with Crippen molar-refractivity contribution >= 4 is 23.1 Å². The van der Waals surface area contributed by atoms with Gasteiger partial charge in [0.2, 0.25) is 0 Å². The van der Waals surface area contributed by atoms with Crippen LogP contribution in [0.2, 0.25) is 0 Å². The van der Waals surface area contributed by atoms with Crippen LogP contribution >= 0.6 is 0 Å². The Morgan fingerprint density at radius 1 is 1.24 bits per heavy atom. The minimum absolute atomic E-state index is 0.0925. The maximum atomic E-state index is 11.8. The number of rotatable bonds is 2. The van der Waals surface area contributed by atoms with E-state index in [1.807, 2.05) is 19.2 Å². The number of carbonyl (C=O) groups excluding carboxylic acids is 2. The molecule has 1 aliphatic carbocycles. The standard InChI is InChI=1S/C16H20N2O3/c1-17(12-5-3-4-6-14(12)19)10-7-8-11-13(9-10)18(2)16(21)15(11)20/h7-9,12,14,19H,3-6H2,1-2H3. The molecule has 0 saturated heterocycles. The number of fused-ring (bicyclic) bond motifs is 1. The van der Waals surface area contributed by atoms with Gasteiger partial charge in [-0.15, -0.1) is 0 Å². The minimum Gasteiger partial charge on any atom is -0.391 e. The predicted octanol–water partition coefficient (Wildman–Crippen LogP) is 1.59. The van der Waals surface area contributed by atoms with Crippen LogP contribution in [0.4, 0.5) is 11.4 Å². The van der Waals surface area contributed by atoms with E-state index in [1.165, 1.54) is 4.90 Å². The molecule has 1 fully saturated rings. The van der Waals surface area contributed by atoms with Crippen LogP contribution in [0.25, 0.3) is 0 Å². The van der Waals surface area contributed by atoms with Gasteiger partial charge in [0.15, 0.2) is 0 Å². The lowest BCUT2D eigenvalue weighted by molar-refractivity contribution is -0.114. The predicted molar refractivity (Wildman–Crippen MR) is 80.8 cm³/mol. The number of amides is 1. The lowest BCUT2D eigenvalue weighted by atomic mass is 9.91. The molecule has 2 unspecified atom stereocenters. The first-order valence-corrected chi connectivity index (χ1v) is 7.38. The summed E-state index contributed by atoms with van der Waals surface area (Å²) < 4.78 is 0. The van der Waals surface area contributed by atoms with E-state index < -0.39 is 11.7 Å². The molecule has 0 spiro atoms. The molecule has 112 valence electrons. The van der Waals surface area contributed by atoms with Crippen LogP contribution in [0.1, 0.15) is 36.0 Å². The zero-order chi connectivity index (χ0) is 15.1. The molecule has 0 bridgehead atoms. The Balaban J connectivity index is 1.91. The molecular formula is C16H20N2O3. The molecule has 0 aromatic heterocycles. The average molecular weight is 288 g/mol. The number of anilines is 2. The first-order chi connectivity index (χ1) is 10.0. The van der Waals surface area contributed by atoms with Crippen molar-refractivity contribution in [1.82, 2.24) is 0 Å². The number of hydrogen-bond donors (Lipinski definition) is 1. The summed E-state index contributed by atoms with van der Waals surface area (Å²) in [6.07, 6.45) is 3.66. The maximum Gasteiger partial charge on any atom is 0.299 e. The lowest BCUT2D eigenvalue weighted by Gasteiger charge is -2.36. The summed E-state index contributed by atoms with van der Waals surface area (Å²) in [5.74, 6) is -0.929. The van der Waals surface area contributed by atoms with Crippen molar-refractivity contribution in [3.8, 4) is 0 Å². The zero-order valence-electron chi connectivity index (χ0n) is 12.4. The Hall–Kier alpha value is -1.88. The number of hydrogen-bond acceptors (Lipinski definition) is 4. The highest BCUT2D eigenvalue weighted by Gasteiger charge is 2.34. The Labute approximate surface area is 124 Å². The van der Waals surface area contributed by atoms with Crippen molar-refractivity contribution < 1.29 is 14.7 Å². The Kier molecular flexibility index (Phi) is 3.45. The summed E-state index contributed by atoms with van der Waals surface area (Å²) >= 11 is 0. The van der Waals surface area contributed by atoms with Crippen molar-refractivity contribution in [2.24, 2.45) is 0 Å². The molecule has 1 N–H and O–H groups in total. The van der Waals surface area contributed by atoms with Gasteiger partial charge in [-0.2, -0.15) is 0 Å². The normalized spacial score (nSPS) is 25.2. The maximum absolute atomic E-state index is 11.8. The highest BCUT2D eigenvalue weighted by atomic mass is 16.3. The van der Waals surface area contributed by atoms with Crippen molar-refractivity contribution in [1.29, 1.82) is 0 Å². The number of Topliss-reactive ketones (excluding diaryl/α,β-unsaturated/α-hetero) is 1. The summed E-state index contributed by atoms with van der Waals surface area (Å²) in [5.41, 5.74) is 2.04. The fourth-order valence-corrected chi connectivity index (χ4v) is 3.32. The second-order valence-corrected chi connectivity index (χ2v) is 5.92. The molecular weight excluding hydrogens is 268 g/mol. The molecule has 2 aliphatic rings. The van der Waals surface area contributed by atoms with Gasteiger partial charge in [-0.3, -0.25) is 9.59 Å². The molecule has 1 heterocycles. The Bertz CT molecular complexity index is 599. The Morgan fingerprint density at radius 3 is 2.67 bits per heavy atom. The Morgan fingerprint density at radius 2 is 1.95 bits per heavy atom. The van der Waals surface area contributed by atoms with Gasteiger partial charge in [0.1, 0.15) is 0 Å². The third-order valence-corrected chi connectivity index (χ3v) is 4.68. The fraction of sp³-hybridized carbons (Fsp3) is 0.500. The van der Waals surface area contributed by atoms with Crippen LogP contribution in [0.5, 0.6) is 0 Å². The van der Waals surface area contributed by atoms with E-state index in [-0.39, 0.29) is 12.1 Å². The molecule has 1 saturated carbocycles. The van der Waals surface area contributed by atoms with E-state index >= 15 is 0 Å². The van der Waals surface area contributed by atoms with Crippen LogP contribution in [0.15, 0.2) is 18.2 Å². The number of aliphatic hydroxyl groups is 1.